The maximum absolute atomic E-state index is 13.8. The van der Waals surface area contributed by atoms with Gasteiger partial charge in [-0.3, -0.25) is 11.3 Å². The molecule has 1 atom stereocenters. The highest BCUT2D eigenvalue weighted by atomic mass is 35.5. The lowest BCUT2D eigenvalue weighted by atomic mass is 9.97. The number of nitrogens with two attached hydrogens (primary N) is 1. The van der Waals surface area contributed by atoms with Crippen LogP contribution >= 0.6 is 23.2 Å². The smallest absolute Gasteiger partial charge is 0.127 e. The van der Waals surface area contributed by atoms with Crippen LogP contribution in [0, 0.1) is 12.7 Å². The molecule has 3 N–H and O–H groups in total. The van der Waals surface area contributed by atoms with Crippen LogP contribution in [-0.4, -0.2) is 0 Å². The van der Waals surface area contributed by atoms with Gasteiger partial charge in [0.2, 0.25) is 0 Å². The standard InChI is InChI=1S/C15H15Cl2FN2/c1-9-5-10(7-11(16)6-9)15(20-19)8-12-13(17)3-2-4-14(12)18/h2-7,15,20H,8,19H2,1H3. The summed E-state index contributed by atoms with van der Waals surface area (Å²) in [5.74, 6) is 5.26. The lowest BCUT2D eigenvalue weighted by Crippen LogP contribution is -2.30. The molecule has 0 radical (unpaired) electrons. The van der Waals surface area contributed by atoms with Crippen molar-refractivity contribution in [2.24, 2.45) is 5.84 Å². The van der Waals surface area contributed by atoms with E-state index in [-0.39, 0.29) is 11.9 Å². The molecule has 2 rings (SSSR count). The van der Waals surface area contributed by atoms with Gasteiger partial charge in [-0.2, -0.15) is 0 Å². The first-order valence-corrected chi connectivity index (χ1v) is 6.93. The fourth-order valence-corrected chi connectivity index (χ4v) is 2.71. The van der Waals surface area contributed by atoms with E-state index < -0.39 is 0 Å². The average molecular weight is 313 g/mol. The number of hydrogen-bond acceptors (Lipinski definition) is 2. The molecular weight excluding hydrogens is 298 g/mol. The third-order valence-corrected chi connectivity index (χ3v) is 3.71. The number of rotatable bonds is 4. The summed E-state index contributed by atoms with van der Waals surface area (Å²) < 4.78 is 13.8. The topological polar surface area (TPSA) is 38.0 Å². The second kappa shape index (κ2) is 6.55. The quantitative estimate of drug-likeness (QED) is 0.656. The summed E-state index contributed by atoms with van der Waals surface area (Å²) >= 11 is 12.1. The first-order chi connectivity index (χ1) is 9.51. The van der Waals surface area contributed by atoms with Crippen LogP contribution in [0.4, 0.5) is 4.39 Å². The summed E-state index contributed by atoms with van der Waals surface area (Å²) in [7, 11) is 0. The van der Waals surface area contributed by atoms with Crippen LogP contribution < -0.4 is 11.3 Å². The monoisotopic (exact) mass is 312 g/mol. The lowest BCUT2D eigenvalue weighted by molar-refractivity contribution is 0.529. The van der Waals surface area contributed by atoms with Crippen molar-refractivity contribution in [3.8, 4) is 0 Å². The molecule has 106 valence electrons. The molecule has 0 fully saturated rings. The molecule has 0 saturated heterocycles. The fourth-order valence-electron chi connectivity index (χ4n) is 2.17. The average Bonchev–Trinajstić information content (AvgIpc) is 2.37. The van der Waals surface area contributed by atoms with E-state index in [1.807, 2.05) is 25.1 Å². The molecule has 0 aliphatic carbocycles. The fraction of sp³-hybridized carbons (Fsp3) is 0.200. The van der Waals surface area contributed by atoms with Crippen molar-refractivity contribution >= 4 is 23.2 Å². The highest BCUT2D eigenvalue weighted by molar-refractivity contribution is 6.31. The molecule has 2 aromatic rings. The van der Waals surface area contributed by atoms with Crippen LogP contribution in [0.1, 0.15) is 22.7 Å². The van der Waals surface area contributed by atoms with E-state index in [0.29, 0.717) is 22.0 Å². The summed E-state index contributed by atoms with van der Waals surface area (Å²) in [6.07, 6.45) is 0.349. The molecule has 0 aliphatic heterocycles. The van der Waals surface area contributed by atoms with Crippen molar-refractivity contribution in [3.63, 3.8) is 0 Å². The summed E-state index contributed by atoms with van der Waals surface area (Å²) in [4.78, 5) is 0. The van der Waals surface area contributed by atoms with E-state index in [2.05, 4.69) is 5.43 Å². The zero-order chi connectivity index (χ0) is 14.7. The Labute approximate surface area is 127 Å². The second-order valence-electron chi connectivity index (χ2n) is 4.69. The van der Waals surface area contributed by atoms with Gasteiger partial charge in [-0.05, 0) is 48.7 Å². The zero-order valence-corrected chi connectivity index (χ0v) is 12.5. The Morgan fingerprint density at radius 2 is 2.00 bits per heavy atom. The summed E-state index contributed by atoms with van der Waals surface area (Å²) in [5.41, 5.74) is 5.05. The Morgan fingerprint density at radius 1 is 1.25 bits per heavy atom. The van der Waals surface area contributed by atoms with E-state index >= 15 is 0 Å². The Morgan fingerprint density at radius 3 is 2.60 bits per heavy atom. The first kappa shape index (κ1) is 15.3. The molecule has 0 aliphatic rings. The third-order valence-electron chi connectivity index (χ3n) is 3.14. The number of halogens is 3. The van der Waals surface area contributed by atoms with Gasteiger partial charge in [0.15, 0.2) is 0 Å². The molecule has 20 heavy (non-hydrogen) atoms. The lowest BCUT2D eigenvalue weighted by Gasteiger charge is -2.18. The van der Waals surface area contributed by atoms with Gasteiger partial charge >= 0.3 is 0 Å². The van der Waals surface area contributed by atoms with Crippen LogP contribution in [-0.2, 0) is 6.42 Å². The van der Waals surface area contributed by atoms with Gasteiger partial charge in [0.1, 0.15) is 5.82 Å². The molecule has 0 saturated carbocycles. The molecule has 5 heteroatoms. The van der Waals surface area contributed by atoms with Gasteiger partial charge in [0, 0.05) is 15.6 Å². The van der Waals surface area contributed by atoms with E-state index in [1.54, 1.807) is 12.1 Å². The minimum absolute atomic E-state index is 0.262. The predicted octanol–water partition coefficient (Wildman–Crippen LogP) is 4.19. The normalized spacial score (nSPS) is 12.4. The van der Waals surface area contributed by atoms with Gasteiger partial charge in [-0.1, -0.05) is 35.3 Å². The molecule has 0 bridgehead atoms. The van der Waals surface area contributed by atoms with Crippen LogP contribution in [0.5, 0.6) is 0 Å². The maximum atomic E-state index is 13.8. The minimum atomic E-state index is -0.337. The molecule has 0 heterocycles. The highest BCUT2D eigenvalue weighted by Crippen LogP contribution is 2.27. The Bertz CT molecular complexity index is 576. The third kappa shape index (κ3) is 3.49. The highest BCUT2D eigenvalue weighted by Gasteiger charge is 2.16. The van der Waals surface area contributed by atoms with Crippen molar-refractivity contribution in [2.45, 2.75) is 19.4 Å². The van der Waals surface area contributed by atoms with Gasteiger partial charge in [-0.25, -0.2) is 4.39 Å². The van der Waals surface area contributed by atoms with Gasteiger partial charge in [-0.15, -0.1) is 0 Å². The van der Waals surface area contributed by atoms with Crippen molar-refractivity contribution in [2.75, 3.05) is 0 Å². The molecule has 2 aromatic carbocycles. The number of hydrazine groups is 1. The van der Waals surface area contributed by atoms with Crippen molar-refractivity contribution in [1.82, 2.24) is 5.43 Å². The van der Waals surface area contributed by atoms with Crippen molar-refractivity contribution < 1.29 is 4.39 Å². The SMILES string of the molecule is Cc1cc(Cl)cc(C(Cc2c(F)cccc2Cl)NN)c1. The molecule has 0 spiro atoms. The molecular formula is C15H15Cl2FN2. The van der Waals surface area contributed by atoms with Crippen LogP contribution in [0.2, 0.25) is 10.0 Å². The van der Waals surface area contributed by atoms with Crippen molar-refractivity contribution in [3.05, 3.63) is 69.0 Å². The van der Waals surface area contributed by atoms with Gasteiger partial charge < -0.3 is 0 Å². The maximum Gasteiger partial charge on any atom is 0.127 e. The van der Waals surface area contributed by atoms with E-state index in [9.17, 15) is 4.39 Å². The van der Waals surface area contributed by atoms with Gasteiger partial charge in [0.05, 0.1) is 6.04 Å². The van der Waals surface area contributed by atoms with E-state index in [1.165, 1.54) is 6.07 Å². The zero-order valence-electron chi connectivity index (χ0n) is 11.0. The van der Waals surface area contributed by atoms with Crippen LogP contribution in [0.3, 0.4) is 0 Å². The summed E-state index contributed by atoms with van der Waals surface area (Å²) in [6, 6.07) is 10.00. The Kier molecular flexibility index (Phi) is 5.00. The molecule has 0 amide bonds. The largest absolute Gasteiger partial charge is 0.271 e. The van der Waals surface area contributed by atoms with E-state index in [0.717, 1.165) is 11.1 Å². The first-order valence-electron chi connectivity index (χ1n) is 6.17. The van der Waals surface area contributed by atoms with E-state index in [4.69, 9.17) is 29.0 Å². The molecule has 1 unspecified atom stereocenters. The molecule has 2 nitrogen and oxygen atoms in total. The van der Waals surface area contributed by atoms with Crippen molar-refractivity contribution in [1.29, 1.82) is 0 Å². The molecule has 0 aromatic heterocycles. The summed E-state index contributed by atoms with van der Waals surface area (Å²) in [6.45, 7) is 1.94. The van der Waals surface area contributed by atoms with Gasteiger partial charge in [0.25, 0.3) is 0 Å². The number of hydrogen-bond donors (Lipinski definition) is 2. The number of benzene rings is 2. The van der Waals surface area contributed by atoms with Crippen LogP contribution in [0.25, 0.3) is 0 Å². The Balaban J connectivity index is 2.33. The predicted molar refractivity (Wildman–Crippen MR) is 81.4 cm³/mol. The number of aryl methyl sites for hydroxylation is 1. The Hall–Kier alpha value is -1.13. The number of nitrogens with one attached hydrogen (secondary N) is 1. The second-order valence-corrected chi connectivity index (χ2v) is 5.53. The van der Waals surface area contributed by atoms with Crippen LogP contribution in [0.15, 0.2) is 36.4 Å². The summed E-state index contributed by atoms with van der Waals surface area (Å²) in [5, 5.41) is 1.02. The minimum Gasteiger partial charge on any atom is -0.271 e.